The Kier molecular flexibility index (Phi) is 10.9. The van der Waals surface area contributed by atoms with Gasteiger partial charge in [-0.1, -0.05) is 65.2 Å². The van der Waals surface area contributed by atoms with E-state index < -0.39 is 0 Å². The summed E-state index contributed by atoms with van der Waals surface area (Å²) in [4.78, 5) is 18.5. The summed E-state index contributed by atoms with van der Waals surface area (Å²) < 4.78 is 19.8. The Labute approximate surface area is 283 Å². The summed E-state index contributed by atoms with van der Waals surface area (Å²) in [7, 11) is 0. The van der Waals surface area contributed by atoms with Crippen LogP contribution in [0, 0.1) is 13.8 Å². The van der Waals surface area contributed by atoms with Crippen LogP contribution in [0.4, 0.5) is 11.4 Å². The smallest absolute Gasteiger partial charge is 0.259 e. The van der Waals surface area contributed by atoms with Crippen LogP contribution in [0.5, 0.6) is 17.2 Å². The number of rotatable bonds is 15. The van der Waals surface area contributed by atoms with Gasteiger partial charge in [-0.3, -0.25) is 9.89 Å². The Morgan fingerprint density at radius 3 is 2.17 bits per heavy atom. The minimum absolute atomic E-state index is 0.0725. The number of nitrogens with one attached hydrogen (secondary N) is 3. The highest BCUT2D eigenvalue weighted by atomic mass is 16.5. The van der Waals surface area contributed by atoms with Crippen LogP contribution >= 0.6 is 0 Å². The summed E-state index contributed by atoms with van der Waals surface area (Å²) in [5.41, 5.74) is 6.23. The van der Waals surface area contributed by atoms with Crippen molar-refractivity contribution < 1.29 is 19.0 Å². The third-order valence-electron chi connectivity index (χ3n) is 7.88. The van der Waals surface area contributed by atoms with Gasteiger partial charge >= 0.3 is 0 Å². The maximum atomic E-state index is 13.7. The topological polar surface area (TPSA) is 115 Å². The number of carbonyl (C=O) groups excluding carboxylic acids is 1. The molecule has 0 fully saturated rings. The van der Waals surface area contributed by atoms with Crippen molar-refractivity contribution in [2.75, 3.05) is 30.6 Å². The molecule has 0 atom stereocenters. The van der Waals surface area contributed by atoms with Gasteiger partial charge in [0, 0.05) is 34.1 Å². The van der Waals surface area contributed by atoms with Crippen molar-refractivity contribution in [2.24, 2.45) is 0 Å². The number of carbonyl (C=O) groups is 1. The molecular weight excluding hydrogens is 604 g/mol. The first-order valence-corrected chi connectivity index (χ1v) is 16.8. The molecule has 0 aliphatic heterocycles. The van der Waals surface area contributed by atoms with Gasteiger partial charge in [-0.2, -0.15) is 4.63 Å². The van der Waals surface area contributed by atoms with Gasteiger partial charge in [0.25, 0.3) is 5.91 Å². The lowest BCUT2D eigenvalue weighted by molar-refractivity contribution is 0.102. The molecule has 2 aromatic heterocycles. The van der Waals surface area contributed by atoms with E-state index in [-0.39, 0.29) is 18.1 Å². The molecule has 0 aliphatic carbocycles. The number of hydrogen-bond donors (Lipinski definition) is 3. The van der Waals surface area contributed by atoms with Crippen LogP contribution in [0.2, 0.25) is 0 Å². The highest BCUT2D eigenvalue weighted by Gasteiger charge is 2.20. The quantitative estimate of drug-likeness (QED) is 0.0766. The summed E-state index contributed by atoms with van der Waals surface area (Å²) in [6.45, 7) is 16.0. The average molecular weight is 653 g/mol. The summed E-state index contributed by atoms with van der Waals surface area (Å²) in [5, 5.41) is 14.5. The fourth-order valence-electron chi connectivity index (χ4n) is 5.06. The number of fused-ring (bicyclic) bond motifs is 1. The molecule has 5 rings (SSSR count). The molecule has 0 spiro atoms. The van der Waals surface area contributed by atoms with E-state index in [1.807, 2.05) is 74.5 Å². The highest BCUT2D eigenvalue weighted by molar-refractivity contribution is 6.06. The van der Waals surface area contributed by atoms with E-state index >= 15 is 0 Å². The molecular formula is C38H48N6O4. The Bertz CT molecular complexity index is 1820. The number of amides is 1. The molecule has 2 heterocycles. The third kappa shape index (κ3) is 8.67. The molecule has 0 aliphatic rings. The highest BCUT2D eigenvalue weighted by Crippen LogP contribution is 2.31. The van der Waals surface area contributed by atoms with Crippen molar-refractivity contribution in [3.05, 3.63) is 83.0 Å². The molecule has 0 saturated carbocycles. The number of hydrogen-bond acceptors (Lipinski definition) is 7. The number of benzene rings is 3. The number of aromatic nitrogens is 4. The summed E-state index contributed by atoms with van der Waals surface area (Å²) in [5.74, 6) is 2.19. The van der Waals surface area contributed by atoms with Gasteiger partial charge in [-0.15, -0.1) is 5.10 Å². The Morgan fingerprint density at radius 1 is 0.812 bits per heavy atom. The number of ether oxygens (including phenoxy) is 3. The van der Waals surface area contributed by atoms with Gasteiger partial charge in [-0.25, -0.2) is 4.98 Å². The molecule has 1 amide bonds. The minimum atomic E-state index is -0.266. The standard InChI is InChI=1S/C38H48N6O4/c1-8-10-16-46-31-14-12-25(3)18-30(31)37(45)40-29-21-27(36-41-35-23-34(38(5,6)7)42-44(35)43-36)20-28(22-29)39-24-48-33-19-26(4)13-15-32(33)47-17-11-9-2/h12-15,18-23,39,42H,8-11,16-17,24H2,1-7H3,(H,40,45). The van der Waals surface area contributed by atoms with Crippen molar-refractivity contribution in [2.45, 2.75) is 79.6 Å². The van der Waals surface area contributed by atoms with Gasteiger partial charge in [0.15, 0.2) is 29.7 Å². The maximum absolute atomic E-state index is 13.7. The van der Waals surface area contributed by atoms with Crippen LogP contribution in [0.25, 0.3) is 17.0 Å². The lowest BCUT2D eigenvalue weighted by Crippen LogP contribution is -2.15. The first kappa shape index (κ1) is 34.3. The third-order valence-corrected chi connectivity index (χ3v) is 7.88. The second-order valence-corrected chi connectivity index (χ2v) is 13.2. The van der Waals surface area contributed by atoms with Gasteiger partial charge in [0.1, 0.15) is 5.75 Å². The number of unbranched alkanes of at least 4 members (excludes halogenated alkanes) is 2. The second-order valence-electron chi connectivity index (χ2n) is 13.2. The molecule has 3 aromatic carbocycles. The molecule has 3 N–H and O–H groups in total. The van der Waals surface area contributed by atoms with E-state index in [4.69, 9.17) is 24.3 Å². The van der Waals surface area contributed by atoms with E-state index in [2.05, 4.69) is 50.4 Å². The minimum Gasteiger partial charge on any atom is -0.493 e. The molecule has 254 valence electrons. The van der Waals surface area contributed by atoms with E-state index in [0.29, 0.717) is 53.2 Å². The average Bonchev–Trinajstić information content (AvgIpc) is 3.63. The fourth-order valence-corrected chi connectivity index (χ4v) is 5.06. The molecule has 0 bridgehead atoms. The molecule has 10 heteroatoms. The van der Waals surface area contributed by atoms with Crippen LogP contribution in [0.3, 0.4) is 0 Å². The van der Waals surface area contributed by atoms with Crippen LogP contribution < -0.4 is 24.8 Å². The molecule has 48 heavy (non-hydrogen) atoms. The van der Waals surface area contributed by atoms with Crippen LogP contribution in [0.1, 0.15) is 87.5 Å². The van der Waals surface area contributed by atoms with Crippen molar-refractivity contribution in [3.8, 4) is 28.6 Å². The summed E-state index contributed by atoms with van der Waals surface area (Å²) >= 11 is 0. The van der Waals surface area contributed by atoms with Crippen molar-refractivity contribution >= 4 is 22.9 Å². The zero-order valence-corrected chi connectivity index (χ0v) is 29.2. The van der Waals surface area contributed by atoms with E-state index in [9.17, 15) is 4.79 Å². The SMILES string of the molecule is CCCCOc1ccc(C)cc1OCNc1cc(NC(=O)c2cc(C)ccc2OCCCC)cc(-c2nc3cc(C(C)(C)C)[nH]n3n2)c1. The van der Waals surface area contributed by atoms with Gasteiger partial charge < -0.3 is 24.8 Å². The number of aryl methyl sites for hydroxylation is 2. The Morgan fingerprint density at radius 2 is 1.48 bits per heavy atom. The second kappa shape index (κ2) is 15.3. The van der Waals surface area contributed by atoms with Gasteiger partial charge in [0.2, 0.25) is 0 Å². The first-order chi connectivity index (χ1) is 23.0. The van der Waals surface area contributed by atoms with Crippen molar-refractivity contribution in [1.29, 1.82) is 0 Å². The van der Waals surface area contributed by atoms with Gasteiger partial charge in [0.05, 0.1) is 18.8 Å². The largest absolute Gasteiger partial charge is 0.493 e. The summed E-state index contributed by atoms with van der Waals surface area (Å²) in [6.07, 6.45) is 3.93. The molecule has 0 saturated heterocycles. The maximum Gasteiger partial charge on any atom is 0.259 e. The van der Waals surface area contributed by atoms with Crippen LogP contribution in [-0.4, -0.2) is 45.7 Å². The Hall–Kier alpha value is -4.99. The van der Waals surface area contributed by atoms with Crippen LogP contribution in [0.15, 0.2) is 60.7 Å². The lowest BCUT2D eigenvalue weighted by atomic mass is 9.93. The number of aromatic amines is 1. The zero-order chi connectivity index (χ0) is 34.3. The predicted octanol–water partition coefficient (Wildman–Crippen LogP) is 8.70. The normalized spacial score (nSPS) is 11.5. The fraction of sp³-hybridized carbons (Fsp3) is 0.395. The molecule has 5 aromatic rings. The number of H-pyrrole nitrogens is 1. The molecule has 0 unspecified atom stereocenters. The predicted molar refractivity (Wildman–Crippen MR) is 192 cm³/mol. The van der Waals surface area contributed by atoms with Gasteiger partial charge in [-0.05, 0) is 74.7 Å². The van der Waals surface area contributed by atoms with Crippen molar-refractivity contribution in [1.82, 2.24) is 19.8 Å². The molecule has 0 radical (unpaired) electrons. The number of anilines is 2. The van der Waals surface area contributed by atoms with E-state index in [1.165, 1.54) is 0 Å². The molecule has 10 nitrogen and oxygen atoms in total. The lowest BCUT2D eigenvalue weighted by Gasteiger charge is -2.16. The van der Waals surface area contributed by atoms with E-state index in [0.717, 1.165) is 53.8 Å². The van der Waals surface area contributed by atoms with Crippen LogP contribution in [-0.2, 0) is 5.41 Å². The monoisotopic (exact) mass is 652 g/mol. The van der Waals surface area contributed by atoms with E-state index in [1.54, 1.807) is 4.63 Å². The Balaban J connectivity index is 1.42. The number of nitrogens with zero attached hydrogens (tertiary/aromatic N) is 3. The summed E-state index contributed by atoms with van der Waals surface area (Å²) in [6, 6.07) is 19.3. The van der Waals surface area contributed by atoms with Crippen molar-refractivity contribution in [3.63, 3.8) is 0 Å². The zero-order valence-electron chi connectivity index (χ0n) is 29.2. The first-order valence-electron chi connectivity index (χ1n) is 16.8.